The molecule has 0 atom stereocenters. The summed E-state index contributed by atoms with van der Waals surface area (Å²) in [5.41, 5.74) is 0. The van der Waals surface area contributed by atoms with Crippen molar-refractivity contribution < 1.29 is 14.7 Å². The van der Waals surface area contributed by atoms with Crippen LogP contribution in [0.5, 0.6) is 0 Å². The van der Waals surface area contributed by atoms with E-state index in [2.05, 4.69) is 15.5 Å². The molecule has 7 nitrogen and oxygen atoms in total. The minimum absolute atomic E-state index is 0.186. The normalized spacial score (nSPS) is 10.8. The summed E-state index contributed by atoms with van der Waals surface area (Å²) in [5, 5.41) is 20.5. The van der Waals surface area contributed by atoms with Gasteiger partial charge in [0.25, 0.3) is 0 Å². The summed E-state index contributed by atoms with van der Waals surface area (Å²) in [5.74, 6) is -1.02. The fourth-order valence-electron chi connectivity index (χ4n) is 1.51. The molecule has 2 rings (SSSR count). The lowest BCUT2D eigenvalue weighted by Crippen LogP contribution is -2.14. The number of carboxylic acid groups (broad SMARTS) is 1. The lowest BCUT2D eigenvalue weighted by atomic mass is 10.4. The number of anilines is 1. The molecule has 0 saturated carbocycles. The number of nitrogens with one attached hydrogen (secondary N) is 1. The first-order valence-electron chi connectivity index (χ1n) is 6.12. The lowest BCUT2D eigenvalue weighted by molar-refractivity contribution is -0.113. The van der Waals surface area contributed by atoms with Crippen molar-refractivity contribution in [2.75, 3.05) is 11.1 Å². The van der Waals surface area contributed by atoms with Gasteiger partial charge in [-0.05, 0) is 26.0 Å². The predicted molar refractivity (Wildman–Crippen MR) is 81.0 cm³/mol. The van der Waals surface area contributed by atoms with Crippen LogP contribution in [0.4, 0.5) is 5.00 Å². The number of amides is 1. The van der Waals surface area contributed by atoms with Gasteiger partial charge in [0.15, 0.2) is 5.16 Å². The highest BCUT2D eigenvalue weighted by Crippen LogP contribution is 2.23. The Morgan fingerprint density at radius 3 is 2.86 bits per heavy atom. The Morgan fingerprint density at radius 2 is 2.24 bits per heavy atom. The molecule has 0 aliphatic carbocycles. The van der Waals surface area contributed by atoms with Gasteiger partial charge in [-0.25, -0.2) is 4.79 Å². The molecule has 0 spiro atoms. The average molecular weight is 326 g/mol. The SMILES string of the molecule is CC(C)n1cnnc1SCC(=O)Nc1ccc(C(=O)O)s1. The van der Waals surface area contributed by atoms with Gasteiger partial charge >= 0.3 is 5.97 Å². The van der Waals surface area contributed by atoms with Gasteiger partial charge in [0.05, 0.1) is 10.8 Å². The summed E-state index contributed by atoms with van der Waals surface area (Å²) < 4.78 is 1.88. The second-order valence-corrected chi connectivity index (χ2v) is 6.45. The third-order valence-electron chi connectivity index (χ3n) is 2.51. The zero-order valence-corrected chi connectivity index (χ0v) is 13.1. The van der Waals surface area contributed by atoms with Crippen molar-refractivity contribution in [3.63, 3.8) is 0 Å². The van der Waals surface area contributed by atoms with E-state index >= 15 is 0 Å². The minimum Gasteiger partial charge on any atom is -0.477 e. The molecule has 0 bridgehead atoms. The summed E-state index contributed by atoms with van der Waals surface area (Å²) in [6.07, 6.45) is 1.63. The first kappa shape index (κ1) is 15.5. The van der Waals surface area contributed by atoms with Gasteiger partial charge in [-0.1, -0.05) is 11.8 Å². The molecular formula is C12H14N4O3S2. The number of nitrogens with zero attached hydrogens (tertiary/aromatic N) is 3. The topological polar surface area (TPSA) is 97.1 Å². The molecule has 0 radical (unpaired) electrons. The second-order valence-electron chi connectivity index (χ2n) is 4.42. The van der Waals surface area contributed by atoms with Crippen LogP contribution in [0.25, 0.3) is 0 Å². The summed E-state index contributed by atoms with van der Waals surface area (Å²) in [7, 11) is 0. The molecule has 2 heterocycles. The predicted octanol–water partition coefficient (Wildman–Crippen LogP) is 2.35. The standard InChI is InChI=1S/C12H14N4O3S2/c1-7(2)16-6-13-15-12(16)20-5-9(17)14-10-4-3-8(21-10)11(18)19/h3-4,6-7H,5H2,1-2H3,(H,14,17)(H,18,19). The highest BCUT2D eigenvalue weighted by atomic mass is 32.2. The number of carboxylic acids is 1. The fourth-order valence-corrected chi connectivity index (χ4v) is 3.12. The maximum atomic E-state index is 11.8. The van der Waals surface area contributed by atoms with Gasteiger partial charge in [-0.3, -0.25) is 4.79 Å². The lowest BCUT2D eigenvalue weighted by Gasteiger charge is -2.09. The molecule has 0 fully saturated rings. The maximum absolute atomic E-state index is 11.8. The van der Waals surface area contributed by atoms with E-state index in [1.54, 1.807) is 12.4 Å². The second kappa shape index (κ2) is 6.72. The molecule has 0 unspecified atom stereocenters. The Kier molecular flexibility index (Phi) is 4.97. The van der Waals surface area contributed by atoms with Crippen molar-refractivity contribution in [3.8, 4) is 0 Å². The smallest absolute Gasteiger partial charge is 0.345 e. The number of hydrogen-bond donors (Lipinski definition) is 2. The molecule has 0 aromatic carbocycles. The largest absolute Gasteiger partial charge is 0.477 e. The summed E-state index contributed by atoms with van der Waals surface area (Å²) >= 11 is 2.31. The third-order valence-corrected chi connectivity index (χ3v) is 4.45. The van der Waals surface area contributed by atoms with Crippen LogP contribution < -0.4 is 5.32 Å². The molecule has 2 N–H and O–H groups in total. The molecule has 9 heteroatoms. The van der Waals surface area contributed by atoms with Gasteiger partial charge in [0, 0.05) is 6.04 Å². The highest BCUT2D eigenvalue weighted by molar-refractivity contribution is 7.99. The van der Waals surface area contributed by atoms with E-state index in [4.69, 9.17) is 5.11 Å². The third kappa shape index (κ3) is 4.05. The number of hydrogen-bond acceptors (Lipinski definition) is 6. The molecule has 21 heavy (non-hydrogen) atoms. The molecular weight excluding hydrogens is 312 g/mol. The van der Waals surface area contributed by atoms with Crippen LogP contribution in [0.2, 0.25) is 0 Å². The summed E-state index contributed by atoms with van der Waals surface area (Å²) in [4.78, 5) is 22.8. The van der Waals surface area contributed by atoms with E-state index < -0.39 is 5.97 Å². The number of carbonyl (C=O) groups is 2. The number of thioether (sulfide) groups is 1. The first-order valence-corrected chi connectivity index (χ1v) is 7.93. The maximum Gasteiger partial charge on any atom is 0.345 e. The van der Waals surface area contributed by atoms with Crippen LogP contribution in [-0.4, -0.2) is 37.5 Å². The van der Waals surface area contributed by atoms with Gasteiger partial charge in [0.1, 0.15) is 11.2 Å². The summed E-state index contributed by atoms with van der Waals surface area (Å²) in [6, 6.07) is 3.26. The fraction of sp³-hybridized carbons (Fsp3) is 0.333. The number of aromatic nitrogens is 3. The quantitative estimate of drug-likeness (QED) is 0.791. The van der Waals surface area contributed by atoms with Crippen LogP contribution in [0.1, 0.15) is 29.6 Å². The van der Waals surface area contributed by atoms with Crippen molar-refractivity contribution >= 4 is 40.0 Å². The zero-order chi connectivity index (χ0) is 15.4. The van der Waals surface area contributed by atoms with E-state index in [0.29, 0.717) is 10.2 Å². The first-order chi connectivity index (χ1) is 9.97. The van der Waals surface area contributed by atoms with Gasteiger partial charge < -0.3 is 15.0 Å². The molecule has 2 aromatic heterocycles. The Bertz CT molecular complexity index is 650. The van der Waals surface area contributed by atoms with Crippen LogP contribution in [-0.2, 0) is 4.79 Å². The van der Waals surface area contributed by atoms with Gasteiger partial charge in [-0.2, -0.15) is 0 Å². The van der Waals surface area contributed by atoms with Crippen molar-refractivity contribution in [2.24, 2.45) is 0 Å². The van der Waals surface area contributed by atoms with E-state index in [0.717, 1.165) is 11.3 Å². The van der Waals surface area contributed by atoms with Crippen molar-refractivity contribution in [3.05, 3.63) is 23.3 Å². The van der Waals surface area contributed by atoms with Crippen molar-refractivity contribution in [1.82, 2.24) is 14.8 Å². The Hall–Kier alpha value is -1.87. The molecule has 0 saturated heterocycles. The van der Waals surface area contributed by atoms with Crippen LogP contribution in [0, 0.1) is 0 Å². The molecule has 1 amide bonds. The minimum atomic E-state index is -1.00. The number of thiophene rings is 1. The Labute approximate surface area is 129 Å². The number of aromatic carboxylic acids is 1. The average Bonchev–Trinajstić information content (AvgIpc) is 3.04. The molecule has 0 aliphatic rings. The van der Waals surface area contributed by atoms with Crippen LogP contribution >= 0.6 is 23.1 Å². The van der Waals surface area contributed by atoms with Crippen molar-refractivity contribution in [1.29, 1.82) is 0 Å². The van der Waals surface area contributed by atoms with E-state index in [1.807, 2.05) is 18.4 Å². The molecule has 112 valence electrons. The zero-order valence-electron chi connectivity index (χ0n) is 11.4. The van der Waals surface area contributed by atoms with Crippen LogP contribution in [0.3, 0.4) is 0 Å². The van der Waals surface area contributed by atoms with Gasteiger partial charge in [0.2, 0.25) is 5.91 Å². The number of carbonyl (C=O) groups excluding carboxylic acids is 1. The van der Waals surface area contributed by atoms with Gasteiger partial charge in [-0.15, -0.1) is 21.5 Å². The molecule has 0 aliphatic heterocycles. The van der Waals surface area contributed by atoms with E-state index in [9.17, 15) is 9.59 Å². The Balaban J connectivity index is 1.89. The Morgan fingerprint density at radius 1 is 1.48 bits per heavy atom. The highest BCUT2D eigenvalue weighted by Gasteiger charge is 2.12. The van der Waals surface area contributed by atoms with E-state index in [1.165, 1.54) is 17.8 Å². The van der Waals surface area contributed by atoms with Crippen molar-refractivity contribution in [2.45, 2.75) is 25.0 Å². The molecule has 2 aromatic rings. The number of rotatable bonds is 6. The summed E-state index contributed by atoms with van der Waals surface area (Å²) in [6.45, 7) is 4.01. The van der Waals surface area contributed by atoms with Crippen LogP contribution in [0.15, 0.2) is 23.6 Å². The van der Waals surface area contributed by atoms with E-state index in [-0.39, 0.29) is 22.6 Å². The monoisotopic (exact) mass is 326 g/mol.